The van der Waals surface area contributed by atoms with E-state index in [1.165, 1.54) is 7.11 Å². The highest BCUT2D eigenvalue weighted by atomic mass is 16.5. The molecule has 4 nitrogen and oxygen atoms in total. The predicted molar refractivity (Wildman–Crippen MR) is 64.1 cm³/mol. The molecule has 17 heavy (non-hydrogen) atoms. The van der Waals surface area contributed by atoms with Gasteiger partial charge in [0.05, 0.1) is 20.1 Å². The monoisotopic (exact) mass is 235 g/mol. The Morgan fingerprint density at radius 2 is 1.94 bits per heavy atom. The molecule has 1 fully saturated rings. The van der Waals surface area contributed by atoms with Gasteiger partial charge < -0.3 is 14.8 Å². The lowest BCUT2D eigenvalue weighted by Crippen LogP contribution is -2.22. The molecule has 0 bridgehead atoms. The summed E-state index contributed by atoms with van der Waals surface area (Å²) in [7, 11) is 3.08. The highest BCUT2D eigenvalue weighted by Gasteiger charge is 2.34. The molecule has 1 heterocycles. The molecule has 0 saturated carbocycles. The lowest BCUT2D eigenvalue weighted by molar-refractivity contribution is -0.145. The number of nitrogens with one attached hydrogen (secondary N) is 1. The minimum Gasteiger partial charge on any atom is -0.497 e. The molecule has 1 aromatic rings. The van der Waals surface area contributed by atoms with Crippen molar-refractivity contribution in [1.29, 1.82) is 0 Å². The van der Waals surface area contributed by atoms with E-state index in [-0.39, 0.29) is 17.8 Å². The van der Waals surface area contributed by atoms with Crippen LogP contribution in [0.1, 0.15) is 11.5 Å². The zero-order valence-corrected chi connectivity index (χ0v) is 10.1. The fourth-order valence-corrected chi connectivity index (χ4v) is 2.28. The zero-order valence-electron chi connectivity index (χ0n) is 10.1. The molecule has 1 aliphatic heterocycles. The summed E-state index contributed by atoms with van der Waals surface area (Å²) in [4.78, 5) is 11.6. The zero-order chi connectivity index (χ0) is 12.3. The van der Waals surface area contributed by atoms with Crippen LogP contribution in [-0.4, -0.2) is 33.3 Å². The molecule has 1 aromatic carbocycles. The highest BCUT2D eigenvalue weighted by molar-refractivity contribution is 5.74. The van der Waals surface area contributed by atoms with Gasteiger partial charge in [0.25, 0.3) is 0 Å². The van der Waals surface area contributed by atoms with Crippen LogP contribution in [0.5, 0.6) is 5.75 Å². The number of carbonyl (C=O) groups excluding carboxylic acids is 1. The molecule has 0 spiro atoms. The third-order valence-corrected chi connectivity index (χ3v) is 3.26. The third kappa shape index (κ3) is 2.42. The molecule has 2 rings (SSSR count). The van der Waals surface area contributed by atoms with Crippen LogP contribution in [0.3, 0.4) is 0 Å². The van der Waals surface area contributed by atoms with Crippen LogP contribution in [0.4, 0.5) is 0 Å². The topological polar surface area (TPSA) is 47.6 Å². The number of methoxy groups -OCH3 is 2. The van der Waals surface area contributed by atoms with E-state index in [4.69, 9.17) is 9.47 Å². The second-order valence-electron chi connectivity index (χ2n) is 4.17. The van der Waals surface area contributed by atoms with Crippen LogP contribution in [0.25, 0.3) is 0 Å². The van der Waals surface area contributed by atoms with Gasteiger partial charge in [0, 0.05) is 19.0 Å². The van der Waals surface area contributed by atoms with Gasteiger partial charge in [-0.3, -0.25) is 4.79 Å². The fourth-order valence-electron chi connectivity index (χ4n) is 2.28. The number of rotatable bonds is 3. The maximum absolute atomic E-state index is 11.6. The maximum Gasteiger partial charge on any atom is 0.310 e. The first kappa shape index (κ1) is 11.9. The molecule has 1 aliphatic rings. The van der Waals surface area contributed by atoms with Crippen molar-refractivity contribution < 1.29 is 14.3 Å². The van der Waals surface area contributed by atoms with Crippen molar-refractivity contribution in [1.82, 2.24) is 5.32 Å². The van der Waals surface area contributed by atoms with E-state index in [0.29, 0.717) is 6.54 Å². The Balaban J connectivity index is 2.17. The SMILES string of the molecule is COC(=O)[C@H]1CNC[C@@H]1c1ccc(OC)cc1. The number of benzene rings is 1. The van der Waals surface area contributed by atoms with Gasteiger partial charge in [-0.15, -0.1) is 0 Å². The van der Waals surface area contributed by atoms with Crippen molar-refractivity contribution >= 4 is 5.97 Å². The summed E-state index contributed by atoms with van der Waals surface area (Å²) in [5.74, 6) is 0.784. The van der Waals surface area contributed by atoms with Gasteiger partial charge >= 0.3 is 5.97 Å². The molecule has 0 aliphatic carbocycles. The standard InChI is InChI=1S/C13H17NO3/c1-16-10-5-3-9(4-6-10)11-7-14-8-12(11)13(15)17-2/h3-6,11-12,14H,7-8H2,1-2H3/t11-,12+/m1/s1. The maximum atomic E-state index is 11.6. The quantitative estimate of drug-likeness (QED) is 0.799. The van der Waals surface area contributed by atoms with Crippen molar-refractivity contribution in [3.05, 3.63) is 29.8 Å². The number of hydrogen-bond donors (Lipinski definition) is 1. The van der Waals surface area contributed by atoms with Gasteiger partial charge in [0.15, 0.2) is 0 Å². The Labute approximate surface area is 101 Å². The van der Waals surface area contributed by atoms with Crippen molar-refractivity contribution in [2.75, 3.05) is 27.3 Å². The number of carbonyl (C=O) groups is 1. The second-order valence-corrected chi connectivity index (χ2v) is 4.17. The van der Waals surface area contributed by atoms with E-state index in [0.717, 1.165) is 17.9 Å². The molecule has 0 unspecified atom stereocenters. The normalized spacial score (nSPS) is 23.4. The molecule has 1 N–H and O–H groups in total. The number of esters is 1. The fraction of sp³-hybridized carbons (Fsp3) is 0.462. The largest absolute Gasteiger partial charge is 0.497 e. The molecule has 0 amide bonds. The Morgan fingerprint density at radius 1 is 1.24 bits per heavy atom. The van der Waals surface area contributed by atoms with Crippen molar-refractivity contribution in [2.24, 2.45) is 5.92 Å². The molecule has 2 atom stereocenters. The van der Waals surface area contributed by atoms with Gasteiger partial charge in [-0.25, -0.2) is 0 Å². The molecule has 0 radical (unpaired) electrons. The smallest absolute Gasteiger partial charge is 0.310 e. The van der Waals surface area contributed by atoms with E-state index < -0.39 is 0 Å². The van der Waals surface area contributed by atoms with Gasteiger partial charge in [0.1, 0.15) is 5.75 Å². The molecule has 1 saturated heterocycles. The average molecular weight is 235 g/mol. The Hall–Kier alpha value is -1.55. The van der Waals surface area contributed by atoms with Crippen LogP contribution in [0.2, 0.25) is 0 Å². The first-order valence-electron chi connectivity index (χ1n) is 5.68. The van der Waals surface area contributed by atoms with Gasteiger partial charge in [0.2, 0.25) is 0 Å². The number of hydrogen-bond acceptors (Lipinski definition) is 4. The number of ether oxygens (including phenoxy) is 2. The highest BCUT2D eigenvalue weighted by Crippen LogP contribution is 2.29. The summed E-state index contributed by atoms with van der Waals surface area (Å²) in [6.45, 7) is 1.50. The lowest BCUT2D eigenvalue weighted by atomic mass is 9.89. The predicted octanol–water partition coefficient (Wildman–Crippen LogP) is 1.17. The summed E-state index contributed by atoms with van der Waals surface area (Å²) in [5, 5.41) is 3.23. The van der Waals surface area contributed by atoms with Crippen molar-refractivity contribution in [3.63, 3.8) is 0 Å². The lowest BCUT2D eigenvalue weighted by Gasteiger charge is -2.16. The van der Waals surface area contributed by atoms with Crippen LogP contribution in [-0.2, 0) is 9.53 Å². The second kappa shape index (κ2) is 5.19. The van der Waals surface area contributed by atoms with E-state index in [1.807, 2.05) is 24.3 Å². The average Bonchev–Trinajstić information content (AvgIpc) is 2.87. The molecule has 4 heteroatoms. The summed E-state index contributed by atoms with van der Waals surface area (Å²) in [6, 6.07) is 7.85. The molecule has 92 valence electrons. The van der Waals surface area contributed by atoms with Crippen LogP contribution in [0.15, 0.2) is 24.3 Å². The van der Waals surface area contributed by atoms with Crippen LogP contribution < -0.4 is 10.1 Å². The third-order valence-electron chi connectivity index (χ3n) is 3.26. The van der Waals surface area contributed by atoms with E-state index in [1.54, 1.807) is 7.11 Å². The minimum atomic E-state index is -0.143. The Kier molecular flexibility index (Phi) is 3.64. The summed E-state index contributed by atoms with van der Waals surface area (Å²) >= 11 is 0. The summed E-state index contributed by atoms with van der Waals surface area (Å²) < 4.78 is 9.95. The molecular formula is C13H17NO3. The molecular weight excluding hydrogens is 218 g/mol. The Bertz CT molecular complexity index is 388. The van der Waals surface area contributed by atoms with Crippen molar-refractivity contribution in [2.45, 2.75) is 5.92 Å². The van der Waals surface area contributed by atoms with E-state index in [2.05, 4.69) is 5.32 Å². The van der Waals surface area contributed by atoms with Gasteiger partial charge in [-0.2, -0.15) is 0 Å². The van der Waals surface area contributed by atoms with Gasteiger partial charge in [-0.1, -0.05) is 12.1 Å². The van der Waals surface area contributed by atoms with Crippen LogP contribution >= 0.6 is 0 Å². The summed E-state index contributed by atoms with van der Waals surface area (Å²) in [5.41, 5.74) is 1.14. The minimum absolute atomic E-state index is 0.0894. The molecule has 0 aromatic heterocycles. The first-order valence-corrected chi connectivity index (χ1v) is 5.68. The Morgan fingerprint density at radius 3 is 2.53 bits per heavy atom. The van der Waals surface area contributed by atoms with E-state index in [9.17, 15) is 4.79 Å². The summed E-state index contributed by atoms with van der Waals surface area (Å²) in [6.07, 6.45) is 0. The van der Waals surface area contributed by atoms with E-state index >= 15 is 0 Å². The first-order chi connectivity index (χ1) is 8.26. The van der Waals surface area contributed by atoms with Gasteiger partial charge in [-0.05, 0) is 17.7 Å². The van der Waals surface area contributed by atoms with Crippen LogP contribution in [0, 0.1) is 5.92 Å². The van der Waals surface area contributed by atoms with Crippen molar-refractivity contribution in [3.8, 4) is 5.75 Å².